The van der Waals surface area contributed by atoms with Crippen LogP contribution in [0.1, 0.15) is 41.3 Å². The first kappa shape index (κ1) is 25.2. The van der Waals surface area contributed by atoms with Gasteiger partial charge in [0.25, 0.3) is 0 Å². The molecular weight excluding hydrogens is 478 g/mol. The average Bonchev–Trinajstić information content (AvgIpc) is 3.21. The van der Waals surface area contributed by atoms with Crippen LogP contribution in [0.5, 0.6) is 5.88 Å². The van der Waals surface area contributed by atoms with Gasteiger partial charge in [0.2, 0.25) is 10.0 Å². The molecule has 4 rings (SSSR count). The number of sulfonamides is 1. The minimum atomic E-state index is -3.73. The van der Waals surface area contributed by atoms with Crippen LogP contribution in [0, 0.1) is 0 Å². The first-order valence-electron chi connectivity index (χ1n) is 11.5. The molecule has 0 aliphatic heterocycles. The number of fused-ring (bicyclic) bond motifs is 1. The molecule has 0 bridgehead atoms. The van der Waals surface area contributed by atoms with Crippen molar-refractivity contribution in [3.05, 3.63) is 89.5 Å². The lowest BCUT2D eigenvalue weighted by Crippen LogP contribution is -2.27. The van der Waals surface area contributed by atoms with E-state index in [4.69, 9.17) is 4.99 Å². The number of carboxylic acids is 1. The van der Waals surface area contributed by atoms with Crippen molar-refractivity contribution in [3.8, 4) is 5.88 Å². The van der Waals surface area contributed by atoms with Crippen molar-refractivity contribution in [1.82, 2.24) is 9.29 Å². The van der Waals surface area contributed by atoms with Gasteiger partial charge in [0.05, 0.1) is 27.4 Å². The molecule has 36 heavy (non-hydrogen) atoms. The molecule has 0 amide bonds. The summed E-state index contributed by atoms with van der Waals surface area (Å²) < 4.78 is 27.7. The van der Waals surface area contributed by atoms with Gasteiger partial charge in [-0.3, -0.25) is 0 Å². The van der Waals surface area contributed by atoms with Gasteiger partial charge in [-0.2, -0.15) is 0 Å². The Morgan fingerprint density at radius 1 is 1.00 bits per heavy atom. The molecule has 8 nitrogen and oxygen atoms in total. The summed E-state index contributed by atoms with van der Waals surface area (Å²) in [6.45, 7) is 2.41. The molecule has 0 atom stereocenters. The van der Waals surface area contributed by atoms with E-state index in [1.807, 2.05) is 37.3 Å². The molecule has 0 saturated heterocycles. The monoisotopic (exact) mass is 505 g/mol. The molecule has 4 aromatic rings. The van der Waals surface area contributed by atoms with Gasteiger partial charge in [0.1, 0.15) is 0 Å². The molecule has 9 heteroatoms. The SMILES string of the molecule is CCCCN(C)S(=O)(=O)c1ccc2[nH]c(O)c(C(=Nc3ccc(C(=O)O)cc3)c3ccccc3)c2c1. The summed E-state index contributed by atoms with van der Waals surface area (Å²) in [5.41, 5.74) is 2.64. The Balaban J connectivity index is 1.89. The number of H-pyrrole nitrogens is 1. The molecule has 0 aliphatic rings. The van der Waals surface area contributed by atoms with Crippen molar-refractivity contribution < 1.29 is 23.4 Å². The topological polar surface area (TPSA) is 123 Å². The minimum absolute atomic E-state index is 0.118. The fourth-order valence-electron chi connectivity index (χ4n) is 3.91. The fraction of sp³-hybridized carbons (Fsp3) is 0.185. The van der Waals surface area contributed by atoms with E-state index >= 15 is 0 Å². The summed E-state index contributed by atoms with van der Waals surface area (Å²) in [5, 5.41) is 20.6. The van der Waals surface area contributed by atoms with Gasteiger partial charge in [-0.1, -0.05) is 43.7 Å². The average molecular weight is 506 g/mol. The number of aromatic hydroxyl groups is 1. The molecule has 0 spiro atoms. The lowest BCUT2D eigenvalue weighted by atomic mass is 10.0. The molecule has 1 heterocycles. The highest BCUT2D eigenvalue weighted by Crippen LogP contribution is 2.33. The molecule has 0 unspecified atom stereocenters. The second-order valence-corrected chi connectivity index (χ2v) is 10.5. The number of nitrogens with zero attached hydrogens (tertiary/aromatic N) is 2. The third-order valence-electron chi connectivity index (χ3n) is 5.92. The summed E-state index contributed by atoms with van der Waals surface area (Å²) in [6, 6.07) is 20.0. The minimum Gasteiger partial charge on any atom is -0.494 e. The fourth-order valence-corrected chi connectivity index (χ4v) is 5.14. The zero-order valence-electron chi connectivity index (χ0n) is 20.0. The second-order valence-electron chi connectivity index (χ2n) is 8.41. The number of nitrogens with one attached hydrogen (secondary N) is 1. The number of unbranched alkanes of at least 4 members (excludes halogenated alkanes) is 1. The quantitative estimate of drug-likeness (QED) is 0.271. The van der Waals surface area contributed by atoms with Crippen molar-refractivity contribution >= 4 is 38.3 Å². The van der Waals surface area contributed by atoms with Gasteiger partial charge >= 0.3 is 5.97 Å². The number of aromatic amines is 1. The maximum atomic E-state index is 13.2. The zero-order chi connectivity index (χ0) is 25.9. The van der Waals surface area contributed by atoms with E-state index in [1.165, 1.54) is 22.5 Å². The van der Waals surface area contributed by atoms with E-state index in [0.29, 0.717) is 40.0 Å². The lowest BCUT2D eigenvalue weighted by Gasteiger charge is -2.17. The largest absolute Gasteiger partial charge is 0.494 e. The lowest BCUT2D eigenvalue weighted by molar-refractivity contribution is 0.0697. The van der Waals surface area contributed by atoms with Gasteiger partial charge in [-0.25, -0.2) is 22.5 Å². The Kier molecular flexibility index (Phi) is 7.23. The van der Waals surface area contributed by atoms with Gasteiger partial charge in [0.15, 0.2) is 5.88 Å². The van der Waals surface area contributed by atoms with Crippen LogP contribution >= 0.6 is 0 Å². The third-order valence-corrected chi connectivity index (χ3v) is 7.78. The van der Waals surface area contributed by atoms with Crippen LogP contribution in [-0.4, -0.2) is 53.2 Å². The number of aliphatic imine (C=N–C) groups is 1. The molecule has 0 fully saturated rings. The van der Waals surface area contributed by atoms with Crippen LogP contribution in [0.3, 0.4) is 0 Å². The first-order chi connectivity index (χ1) is 17.2. The van der Waals surface area contributed by atoms with E-state index < -0.39 is 16.0 Å². The number of aromatic carboxylic acids is 1. The highest BCUT2D eigenvalue weighted by atomic mass is 32.2. The summed E-state index contributed by atoms with van der Waals surface area (Å²) in [6.07, 6.45) is 1.62. The van der Waals surface area contributed by atoms with E-state index in [1.54, 1.807) is 31.3 Å². The van der Waals surface area contributed by atoms with Gasteiger partial charge in [0, 0.05) is 30.1 Å². The van der Waals surface area contributed by atoms with Crippen LogP contribution in [0.15, 0.2) is 82.7 Å². The number of carbonyl (C=O) groups is 1. The zero-order valence-corrected chi connectivity index (χ0v) is 20.8. The number of hydrogen-bond acceptors (Lipinski definition) is 5. The van der Waals surface area contributed by atoms with Gasteiger partial charge in [-0.05, 0) is 48.9 Å². The summed E-state index contributed by atoms with van der Waals surface area (Å²) in [4.78, 5) is 19.0. The highest BCUT2D eigenvalue weighted by Gasteiger charge is 2.24. The van der Waals surface area contributed by atoms with E-state index in [9.17, 15) is 23.4 Å². The first-order valence-corrected chi connectivity index (χ1v) is 12.9. The Bertz CT molecular complexity index is 1530. The standard InChI is InChI=1S/C27H27N3O5S/c1-3-4-16-30(2)36(34,35)21-14-15-23-22(17-21)24(26(31)29-23)25(18-8-6-5-7-9-18)28-20-12-10-19(11-13-20)27(32)33/h5-15,17,29,31H,3-4,16H2,1-2H3,(H,32,33). The Morgan fingerprint density at radius 2 is 1.69 bits per heavy atom. The molecule has 0 aliphatic carbocycles. The molecule has 1 aromatic heterocycles. The number of benzene rings is 3. The third kappa shape index (κ3) is 5.02. The number of carboxylic acid groups (broad SMARTS) is 1. The van der Waals surface area contributed by atoms with Crippen LogP contribution in [-0.2, 0) is 10.0 Å². The van der Waals surface area contributed by atoms with Crippen LogP contribution < -0.4 is 0 Å². The number of hydrogen-bond donors (Lipinski definition) is 3. The predicted molar refractivity (Wildman–Crippen MR) is 140 cm³/mol. The smallest absolute Gasteiger partial charge is 0.335 e. The van der Waals surface area contributed by atoms with Crippen LogP contribution in [0.2, 0.25) is 0 Å². The number of rotatable bonds is 9. The highest BCUT2D eigenvalue weighted by molar-refractivity contribution is 7.89. The molecule has 186 valence electrons. The molecule has 3 aromatic carbocycles. The Morgan fingerprint density at radius 3 is 2.33 bits per heavy atom. The molecule has 0 saturated carbocycles. The van der Waals surface area contributed by atoms with E-state index in [0.717, 1.165) is 12.8 Å². The van der Waals surface area contributed by atoms with Crippen molar-refractivity contribution in [2.45, 2.75) is 24.7 Å². The summed E-state index contributed by atoms with van der Waals surface area (Å²) >= 11 is 0. The van der Waals surface area contributed by atoms with E-state index in [2.05, 4.69) is 4.98 Å². The van der Waals surface area contributed by atoms with Crippen molar-refractivity contribution in [2.75, 3.05) is 13.6 Å². The van der Waals surface area contributed by atoms with Crippen molar-refractivity contribution in [2.24, 2.45) is 4.99 Å². The molecule has 0 radical (unpaired) electrons. The van der Waals surface area contributed by atoms with E-state index in [-0.39, 0.29) is 16.3 Å². The molecule has 3 N–H and O–H groups in total. The van der Waals surface area contributed by atoms with Crippen LogP contribution in [0.25, 0.3) is 10.9 Å². The maximum absolute atomic E-state index is 13.2. The van der Waals surface area contributed by atoms with Gasteiger partial charge in [-0.15, -0.1) is 0 Å². The normalized spacial score (nSPS) is 12.4. The van der Waals surface area contributed by atoms with Gasteiger partial charge < -0.3 is 15.2 Å². The Hall–Kier alpha value is -3.95. The van der Waals surface area contributed by atoms with Crippen molar-refractivity contribution in [3.63, 3.8) is 0 Å². The maximum Gasteiger partial charge on any atom is 0.335 e. The second kappa shape index (κ2) is 10.3. The summed E-state index contributed by atoms with van der Waals surface area (Å²) in [7, 11) is -2.17. The van der Waals surface area contributed by atoms with Crippen molar-refractivity contribution in [1.29, 1.82) is 0 Å². The number of aromatic nitrogens is 1. The summed E-state index contributed by atoms with van der Waals surface area (Å²) in [5.74, 6) is -1.19. The molecular formula is C27H27N3O5S. The predicted octanol–water partition coefficient (Wildman–Crippen LogP) is 5.16. The Labute approximate surface area is 209 Å². The van der Waals surface area contributed by atoms with Crippen LogP contribution in [0.4, 0.5) is 5.69 Å².